The fourth-order valence-corrected chi connectivity index (χ4v) is 2.52. The van der Waals surface area contributed by atoms with Crippen LogP contribution >= 0.6 is 0 Å². The Morgan fingerprint density at radius 1 is 1.30 bits per heavy atom. The van der Waals surface area contributed by atoms with Gasteiger partial charge in [0, 0.05) is 24.7 Å². The Labute approximate surface area is 120 Å². The summed E-state index contributed by atoms with van der Waals surface area (Å²) in [5.74, 6) is 0.481. The molecule has 0 aliphatic carbocycles. The van der Waals surface area contributed by atoms with Gasteiger partial charge in [-0.15, -0.1) is 0 Å². The summed E-state index contributed by atoms with van der Waals surface area (Å²) in [6, 6.07) is 7.84. The predicted octanol–water partition coefficient (Wildman–Crippen LogP) is 3.03. The van der Waals surface area contributed by atoms with E-state index in [0.717, 1.165) is 48.1 Å². The monoisotopic (exact) mass is 273 g/mol. The molecule has 4 N–H and O–H groups in total. The molecule has 0 fully saturated rings. The third-order valence-electron chi connectivity index (χ3n) is 3.64. The molecule has 108 valence electrons. The van der Waals surface area contributed by atoms with E-state index in [0.29, 0.717) is 5.92 Å². The summed E-state index contributed by atoms with van der Waals surface area (Å²) >= 11 is 0. The summed E-state index contributed by atoms with van der Waals surface area (Å²) < 4.78 is 0. The van der Waals surface area contributed by atoms with E-state index >= 15 is 0 Å². The van der Waals surface area contributed by atoms with Gasteiger partial charge in [0.1, 0.15) is 0 Å². The van der Waals surface area contributed by atoms with Crippen molar-refractivity contribution in [2.45, 2.75) is 26.2 Å². The molecule has 1 atom stereocenters. The second-order valence-electron chi connectivity index (χ2n) is 5.14. The smallest absolute Gasteiger partial charge is 0.0724 e. The first kappa shape index (κ1) is 14.6. The molecular weight excluding hydrogens is 250 g/mol. The minimum absolute atomic E-state index is 0.240. The van der Waals surface area contributed by atoms with Gasteiger partial charge in [-0.2, -0.15) is 0 Å². The van der Waals surface area contributed by atoms with Crippen LogP contribution in [-0.2, 0) is 0 Å². The highest BCUT2D eigenvalue weighted by Crippen LogP contribution is 2.27. The molecule has 4 heteroatoms. The number of benzene rings is 1. The van der Waals surface area contributed by atoms with Gasteiger partial charge in [-0.3, -0.25) is 4.98 Å². The van der Waals surface area contributed by atoms with Crippen molar-refractivity contribution in [3.8, 4) is 0 Å². The summed E-state index contributed by atoms with van der Waals surface area (Å²) in [5.41, 5.74) is 8.81. The van der Waals surface area contributed by atoms with E-state index in [-0.39, 0.29) is 6.61 Å². The normalized spacial score (nSPS) is 12.5. The minimum Gasteiger partial charge on any atom is -0.397 e. The zero-order chi connectivity index (χ0) is 14.4. The number of nitrogens with one attached hydrogen (secondary N) is 1. The quantitative estimate of drug-likeness (QED) is 0.678. The van der Waals surface area contributed by atoms with Crippen LogP contribution in [0, 0.1) is 5.92 Å². The van der Waals surface area contributed by atoms with Crippen molar-refractivity contribution in [3.05, 3.63) is 30.5 Å². The molecule has 0 radical (unpaired) electrons. The van der Waals surface area contributed by atoms with Crippen LogP contribution in [0.2, 0.25) is 0 Å². The first-order chi connectivity index (χ1) is 9.76. The second kappa shape index (κ2) is 7.10. The molecule has 2 aromatic rings. The zero-order valence-corrected chi connectivity index (χ0v) is 12.0. The maximum Gasteiger partial charge on any atom is 0.0724 e. The molecule has 1 aromatic heterocycles. The maximum absolute atomic E-state index is 9.10. The van der Waals surface area contributed by atoms with Crippen molar-refractivity contribution in [2.75, 3.05) is 24.2 Å². The van der Waals surface area contributed by atoms with Gasteiger partial charge in [-0.1, -0.05) is 13.3 Å². The molecule has 0 spiro atoms. The van der Waals surface area contributed by atoms with Crippen molar-refractivity contribution < 1.29 is 5.11 Å². The van der Waals surface area contributed by atoms with Gasteiger partial charge in [0.25, 0.3) is 0 Å². The number of nitrogens with two attached hydrogens (primary N) is 1. The number of aliphatic hydroxyl groups is 1. The molecule has 4 nitrogen and oxygen atoms in total. The van der Waals surface area contributed by atoms with E-state index in [9.17, 15) is 0 Å². The van der Waals surface area contributed by atoms with Crippen molar-refractivity contribution >= 4 is 22.3 Å². The number of nitrogens with zero attached hydrogens (tertiary/aromatic N) is 1. The zero-order valence-electron chi connectivity index (χ0n) is 12.0. The van der Waals surface area contributed by atoms with Gasteiger partial charge >= 0.3 is 0 Å². The van der Waals surface area contributed by atoms with Crippen LogP contribution in [0.1, 0.15) is 26.2 Å². The van der Waals surface area contributed by atoms with E-state index in [1.54, 1.807) is 6.20 Å². The van der Waals surface area contributed by atoms with Crippen LogP contribution in [0.5, 0.6) is 0 Å². The highest BCUT2D eigenvalue weighted by atomic mass is 16.3. The van der Waals surface area contributed by atoms with E-state index in [4.69, 9.17) is 10.8 Å². The molecule has 0 aliphatic heterocycles. The van der Waals surface area contributed by atoms with Crippen LogP contribution in [0.4, 0.5) is 11.4 Å². The molecule has 0 aliphatic rings. The molecular formula is C16H23N3O. The molecule has 20 heavy (non-hydrogen) atoms. The highest BCUT2D eigenvalue weighted by molar-refractivity contribution is 5.96. The highest BCUT2D eigenvalue weighted by Gasteiger charge is 2.09. The fourth-order valence-electron chi connectivity index (χ4n) is 2.52. The predicted molar refractivity (Wildman–Crippen MR) is 84.7 cm³/mol. The first-order valence-corrected chi connectivity index (χ1v) is 7.24. The third-order valence-corrected chi connectivity index (χ3v) is 3.64. The van der Waals surface area contributed by atoms with Crippen molar-refractivity contribution in [1.82, 2.24) is 4.98 Å². The molecule has 0 bridgehead atoms. The number of hydrogen-bond donors (Lipinski definition) is 3. The van der Waals surface area contributed by atoms with Crippen molar-refractivity contribution in [3.63, 3.8) is 0 Å². The van der Waals surface area contributed by atoms with Gasteiger partial charge in [0.05, 0.1) is 16.9 Å². The Kier molecular flexibility index (Phi) is 5.18. The van der Waals surface area contributed by atoms with E-state index in [2.05, 4.69) is 17.2 Å². The number of aromatic nitrogens is 1. The molecule has 1 heterocycles. The van der Waals surface area contributed by atoms with Crippen molar-refractivity contribution in [1.29, 1.82) is 0 Å². The van der Waals surface area contributed by atoms with Gasteiger partial charge in [0.15, 0.2) is 0 Å². The van der Waals surface area contributed by atoms with Gasteiger partial charge < -0.3 is 16.2 Å². The van der Waals surface area contributed by atoms with Crippen LogP contribution in [0.25, 0.3) is 10.9 Å². The summed E-state index contributed by atoms with van der Waals surface area (Å²) in [5, 5.41) is 13.5. The first-order valence-electron chi connectivity index (χ1n) is 7.24. The average Bonchev–Trinajstić information content (AvgIpc) is 2.47. The molecule has 0 amide bonds. The Morgan fingerprint density at radius 2 is 2.15 bits per heavy atom. The molecule has 0 saturated heterocycles. The van der Waals surface area contributed by atoms with E-state index in [1.165, 1.54) is 0 Å². The standard InChI is InChI=1S/C16H23N3O/c1-2-4-12(8-10-20)11-19-15-7-6-14-13(16(15)17)5-3-9-18-14/h3,5-7,9,12,19-20H,2,4,8,10-11,17H2,1H3. The number of rotatable bonds is 7. The van der Waals surface area contributed by atoms with E-state index in [1.807, 2.05) is 24.3 Å². The summed E-state index contributed by atoms with van der Waals surface area (Å²) in [4.78, 5) is 4.30. The van der Waals surface area contributed by atoms with E-state index < -0.39 is 0 Å². The SMILES string of the molecule is CCCC(CCO)CNc1ccc2ncccc2c1N. The fraction of sp³-hybridized carbons (Fsp3) is 0.438. The van der Waals surface area contributed by atoms with Crippen LogP contribution < -0.4 is 11.1 Å². The number of hydrogen-bond acceptors (Lipinski definition) is 4. The van der Waals surface area contributed by atoms with Gasteiger partial charge in [-0.05, 0) is 43.0 Å². The summed E-state index contributed by atoms with van der Waals surface area (Å²) in [6.45, 7) is 3.24. The number of pyridine rings is 1. The lowest BCUT2D eigenvalue weighted by Crippen LogP contribution is -2.16. The number of fused-ring (bicyclic) bond motifs is 1. The Morgan fingerprint density at radius 3 is 2.90 bits per heavy atom. The lowest BCUT2D eigenvalue weighted by molar-refractivity contribution is 0.255. The third kappa shape index (κ3) is 3.39. The molecule has 1 unspecified atom stereocenters. The Balaban J connectivity index is 2.11. The largest absolute Gasteiger partial charge is 0.397 e. The average molecular weight is 273 g/mol. The maximum atomic E-state index is 9.10. The molecule has 2 rings (SSSR count). The summed E-state index contributed by atoms with van der Waals surface area (Å²) in [7, 11) is 0. The minimum atomic E-state index is 0.240. The molecule has 0 saturated carbocycles. The summed E-state index contributed by atoms with van der Waals surface area (Å²) in [6.07, 6.45) is 4.84. The lowest BCUT2D eigenvalue weighted by Gasteiger charge is -2.18. The number of nitrogen functional groups attached to an aromatic ring is 1. The van der Waals surface area contributed by atoms with Crippen molar-refractivity contribution in [2.24, 2.45) is 5.92 Å². The lowest BCUT2D eigenvalue weighted by atomic mass is 10.00. The topological polar surface area (TPSA) is 71.2 Å². The Bertz CT molecular complexity index is 550. The number of aliphatic hydroxyl groups excluding tert-OH is 1. The van der Waals surface area contributed by atoms with Crippen LogP contribution in [-0.4, -0.2) is 23.2 Å². The van der Waals surface area contributed by atoms with Crippen LogP contribution in [0.15, 0.2) is 30.5 Å². The van der Waals surface area contributed by atoms with Gasteiger partial charge in [0.2, 0.25) is 0 Å². The van der Waals surface area contributed by atoms with Gasteiger partial charge in [-0.25, -0.2) is 0 Å². The van der Waals surface area contributed by atoms with Crippen LogP contribution in [0.3, 0.4) is 0 Å². The number of anilines is 2. The second-order valence-corrected chi connectivity index (χ2v) is 5.14. The Hall–Kier alpha value is -1.81. The molecule has 1 aromatic carbocycles.